The van der Waals surface area contributed by atoms with E-state index in [0.717, 1.165) is 19.5 Å². The van der Waals surface area contributed by atoms with Gasteiger partial charge in [0.25, 0.3) is 0 Å². The minimum atomic E-state index is -0.407. The molecule has 3 aliphatic heterocycles. The van der Waals surface area contributed by atoms with Gasteiger partial charge in [-0.2, -0.15) is 0 Å². The fourth-order valence-corrected chi connectivity index (χ4v) is 4.07. The van der Waals surface area contributed by atoms with Gasteiger partial charge in [-0.3, -0.25) is 9.69 Å². The Morgan fingerprint density at radius 1 is 1.25 bits per heavy atom. The number of carbonyl (C=O) groups excluding carboxylic acids is 1. The molecule has 0 saturated carbocycles. The van der Waals surface area contributed by atoms with E-state index in [2.05, 4.69) is 27.7 Å². The number of hydrogen-bond acceptors (Lipinski definition) is 5. The van der Waals surface area contributed by atoms with Crippen LogP contribution < -0.4 is 10.6 Å². The van der Waals surface area contributed by atoms with Crippen molar-refractivity contribution in [2.45, 2.75) is 43.2 Å². The van der Waals surface area contributed by atoms with E-state index < -0.39 is 6.10 Å². The van der Waals surface area contributed by atoms with Crippen LogP contribution in [0.3, 0.4) is 0 Å². The number of aliphatic hydroxyl groups is 1. The van der Waals surface area contributed by atoms with Crippen molar-refractivity contribution in [1.82, 2.24) is 15.5 Å². The number of aliphatic hydroxyl groups excluding tert-OH is 1. The molecule has 130 valence electrons. The first-order chi connectivity index (χ1) is 11.7. The predicted molar refractivity (Wildman–Crippen MR) is 89.5 cm³/mol. The lowest BCUT2D eigenvalue weighted by molar-refractivity contribution is -0.123. The molecule has 3 N–H and O–H groups in total. The van der Waals surface area contributed by atoms with Crippen molar-refractivity contribution in [3.05, 3.63) is 35.9 Å². The van der Waals surface area contributed by atoms with Gasteiger partial charge in [-0.05, 0) is 18.4 Å². The van der Waals surface area contributed by atoms with E-state index in [1.807, 2.05) is 18.2 Å². The Morgan fingerprint density at radius 3 is 2.83 bits per heavy atom. The zero-order valence-electron chi connectivity index (χ0n) is 13.7. The molecule has 1 aromatic carbocycles. The molecule has 3 heterocycles. The van der Waals surface area contributed by atoms with E-state index in [1.54, 1.807) is 0 Å². The van der Waals surface area contributed by atoms with Crippen LogP contribution in [0.15, 0.2) is 30.3 Å². The van der Waals surface area contributed by atoms with Crippen molar-refractivity contribution < 1.29 is 14.6 Å². The summed E-state index contributed by atoms with van der Waals surface area (Å²) in [5.74, 6) is 0.0110. The molecule has 0 aromatic heterocycles. The summed E-state index contributed by atoms with van der Waals surface area (Å²) in [6.45, 7) is 2.97. The highest BCUT2D eigenvalue weighted by molar-refractivity contribution is 5.82. The maximum absolute atomic E-state index is 12.3. The number of carbonyl (C=O) groups is 1. The van der Waals surface area contributed by atoms with Crippen LogP contribution in [0.1, 0.15) is 24.5 Å². The summed E-state index contributed by atoms with van der Waals surface area (Å²) in [7, 11) is 0. The van der Waals surface area contributed by atoms with E-state index >= 15 is 0 Å². The van der Waals surface area contributed by atoms with Crippen molar-refractivity contribution in [1.29, 1.82) is 0 Å². The molecule has 6 nitrogen and oxygen atoms in total. The largest absolute Gasteiger partial charge is 0.392 e. The molecule has 0 spiro atoms. The summed E-state index contributed by atoms with van der Waals surface area (Å²) in [6, 6.07) is 10.6. The third-order valence-corrected chi connectivity index (χ3v) is 5.36. The Labute approximate surface area is 142 Å². The minimum Gasteiger partial charge on any atom is -0.392 e. The molecule has 1 aromatic rings. The van der Waals surface area contributed by atoms with Crippen molar-refractivity contribution in [2.24, 2.45) is 0 Å². The smallest absolute Gasteiger partial charge is 0.237 e. The number of rotatable bonds is 3. The van der Waals surface area contributed by atoms with Gasteiger partial charge in [0, 0.05) is 31.7 Å². The monoisotopic (exact) mass is 331 g/mol. The van der Waals surface area contributed by atoms with E-state index in [9.17, 15) is 9.90 Å². The highest BCUT2D eigenvalue weighted by Gasteiger charge is 2.39. The first-order valence-electron chi connectivity index (χ1n) is 8.81. The third kappa shape index (κ3) is 3.32. The van der Waals surface area contributed by atoms with Crippen molar-refractivity contribution in [3.63, 3.8) is 0 Å². The average Bonchev–Trinajstić information content (AvgIpc) is 3.20. The molecule has 0 unspecified atom stereocenters. The molecular formula is C18H25N3O3. The Kier molecular flexibility index (Phi) is 4.54. The van der Waals surface area contributed by atoms with E-state index in [1.165, 1.54) is 5.56 Å². The summed E-state index contributed by atoms with van der Waals surface area (Å²) in [5.41, 5.74) is 1.22. The van der Waals surface area contributed by atoms with Gasteiger partial charge >= 0.3 is 0 Å². The molecule has 6 heteroatoms. The zero-order valence-corrected chi connectivity index (χ0v) is 13.7. The highest BCUT2D eigenvalue weighted by Crippen LogP contribution is 2.30. The fourth-order valence-electron chi connectivity index (χ4n) is 4.07. The standard InChI is InChI=1S/C18H25N3O3/c22-15-7-16(19-8-15)18(23)20-13-6-14-11-24-17(10-21(14)9-13)12-4-2-1-3-5-12/h1-5,13-17,19,22H,6-11H2,(H,20,23)/t13-,14+,15-,16-,17-/m1/s1. The molecule has 5 atom stereocenters. The van der Waals surface area contributed by atoms with Crippen LogP contribution in [0.4, 0.5) is 0 Å². The van der Waals surface area contributed by atoms with Gasteiger partial charge in [0.1, 0.15) is 0 Å². The van der Waals surface area contributed by atoms with Gasteiger partial charge in [-0.25, -0.2) is 0 Å². The van der Waals surface area contributed by atoms with Crippen LogP contribution in [0, 0.1) is 0 Å². The maximum Gasteiger partial charge on any atom is 0.237 e. The fraction of sp³-hybridized carbons (Fsp3) is 0.611. The Hall–Kier alpha value is -1.47. The van der Waals surface area contributed by atoms with Crippen molar-refractivity contribution in [3.8, 4) is 0 Å². The van der Waals surface area contributed by atoms with Gasteiger partial charge < -0.3 is 20.5 Å². The van der Waals surface area contributed by atoms with Gasteiger partial charge in [-0.1, -0.05) is 30.3 Å². The number of ether oxygens (including phenoxy) is 1. The summed E-state index contributed by atoms with van der Waals surface area (Å²) in [5, 5.41) is 15.8. The van der Waals surface area contributed by atoms with Crippen LogP contribution in [-0.2, 0) is 9.53 Å². The van der Waals surface area contributed by atoms with Crippen LogP contribution in [-0.4, -0.2) is 66.4 Å². The molecular weight excluding hydrogens is 306 g/mol. The van der Waals surface area contributed by atoms with Gasteiger partial charge in [0.15, 0.2) is 0 Å². The molecule has 0 radical (unpaired) electrons. The summed E-state index contributed by atoms with van der Waals surface area (Å²) in [6.07, 6.45) is 1.15. The van der Waals surface area contributed by atoms with E-state index in [-0.39, 0.29) is 24.1 Å². The molecule has 3 saturated heterocycles. The quantitative estimate of drug-likeness (QED) is 0.729. The zero-order chi connectivity index (χ0) is 16.5. The summed E-state index contributed by atoms with van der Waals surface area (Å²) >= 11 is 0. The molecule has 3 aliphatic rings. The lowest BCUT2D eigenvalue weighted by Crippen LogP contribution is -2.46. The van der Waals surface area contributed by atoms with Gasteiger partial charge in [0.05, 0.1) is 24.9 Å². The Bertz CT molecular complexity index is 582. The van der Waals surface area contributed by atoms with Crippen LogP contribution in [0.25, 0.3) is 0 Å². The maximum atomic E-state index is 12.3. The number of hydrogen-bond donors (Lipinski definition) is 3. The van der Waals surface area contributed by atoms with Crippen LogP contribution in [0.5, 0.6) is 0 Å². The molecule has 0 aliphatic carbocycles. The van der Waals surface area contributed by atoms with Crippen LogP contribution in [0.2, 0.25) is 0 Å². The first kappa shape index (κ1) is 16.0. The second-order valence-corrected chi connectivity index (χ2v) is 7.13. The summed E-state index contributed by atoms with van der Waals surface area (Å²) < 4.78 is 6.05. The number of benzene rings is 1. The normalized spacial score (nSPS) is 36.5. The van der Waals surface area contributed by atoms with Gasteiger partial charge in [0.2, 0.25) is 5.91 Å². The molecule has 0 bridgehead atoms. The number of morpholine rings is 1. The van der Waals surface area contributed by atoms with E-state index in [4.69, 9.17) is 4.74 Å². The van der Waals surface area contributed by atoms with Gasteiger partial charge in [-0.15, -0.1) is 0 Å². The Balaban J connectivity index is 1.32. The van der Waals surface area contributed by atoms with Crippen LogP contribution >= 0.6 is 0 Å². The molecule has 1 amide bonds. The third-order valence-electron chi connectivity index (χ3n) is 5.36. The second kappa shape index (κ2) is 6.80. The second-order valence-electron chi connectivity index (χ2n) is 7.13. The lowest BCUT2D eigenvalue weighted by atomic mass is 10.1. The number of fused-ring (bicyclic) bond motifs is 1. The SMILES string of the molecule is O=C(N[C@@H]1C[C@H]2CO[C@@H](c3ccccc3)CN2C1)[C@H]1C[C@@H](O)CN1. The minimum absolute atomic E-state index is 0.0110. The lowest BCUT2D eigenvalue weighted by Gasteiger charge is -2.35. The first-order valence-corrected chi connectivity index (χ1v) is 8.81. The summed E-state index contributed by atoms with van der Waals surface area (Å²) in [4.78, 5) is 14.7. The Morgan fingerprint density at radius 2 is 2.08 bits per heavy atom. The van der Waals surface area contributed by atoms with E-state index in [0.29, 0.717) is 25.6 Å². The molecule has 24 heavy (non-hydrogen) atoms. The molecule has 3 fully saturated rings. The highest BCUT2D eigenvalue weighted by atomic mass is 16.5. The number of nitrogens with zero attached hydrogens (tertiary/aromatic N) is 1. The average molecular weight is 331 g/mol. The number of amides is 1. The molecule has 4 rings (SSSR count). The van der Waals surface area contributed by atoms with Crippen molar-refractivity contribution in [2.75, 3.05) is 26.2 Å². The number of nitrogens with one attached hydrogen (secondary N) is 2. The van der Waals surface area contributed by atoms with Crippen molar-refractivity contribution >= 4 is 5.91 Å². The topological polar surface area (TPSA) is 73.8 Å². The predicted octanol–water partition coefficient (Wildman–Crippen LogP) is 0.0398. The number of β-amino-alcohol motifs (C(OH)–C–C–N with tert-alkyl or cyclic N) is 1.